The Morgan fingerprint density at radius 3 is 2.87 bits per heavy atom. The molecule has 2 heteroatoms. The van der Waals surface area contributed by atoms with Gasteiger partial charge in [0.2, 0.25) is 0 Å². The quantitative estimate of drug-likeness (QED) is 0.757. The molecule has 0 saturated heterocycles. The first-order valence-electron chi connectivity index (χ1n) is 5.32. The van der Waals surface area contributed by atoms with Crippen molar-refractivity contribution in [2.24, 2.45) is 0 Å². The summed E-state index contributed by atoms with van der Waals surface area (Å²) in [6.07, 6.45) is 1.84. The van der Waals surface area contributed by atoms with E-state index >= 15 is 0 Å². The molecule has 1 aromatic heterocycles. The van der Waals surface area contributed by atoms with Crippen molar-refractivity contribution < 1.29 is 0 Å². The SMILES string of the molecule is CCN(C)Cc1cccc2ncccc12. The molecule has 0 aliphatic heterocycles. The minimum absolute atomic E-state index is 0.986. The smallest absolute Gasteiger partial charge is 0.0705 e. The van der Waals surface area contributed by atoms with E-state index in [-0.39, 0.29) is 0 Å². The van der Waals surface area contributed by atoms with Gasteiger partial charge in [-0.3, -0.25) is 4.98 Å². The first kappa shape index (κ1) is 10.1. The van der Waals surface area contributed by atoms with Gasteiger partial charge >= 0.3 is 0 Å². The van der Waals surface area contributed by atoms with Gasteiger partial charge in [0.1, 0.15) is 0 Å². The molecule has 0 unspecified atom stereocenters. The van der Waals surface area contributed by atoms with Crippen LogP contribution in [-0.4, -0.2) is 23.5 Å². The van der Waals surface area contributed by atoms with Gasteiger partial charge in [-0.25, -0.2) is 0 Å². The molecule has 15 heavy (non-hydrogen) atoms. The highest BCUT2D eigenvalue weighted by atomic mass is 15.1. The number of fused-ring (bicyclic) bond motifs is 1. The second-order valence-corrected chi connectivity index (χ2v) is 3.82. The lowest BCUT2D eigenvalue weighted by molar-refractivity contribution is 0.347. The Balaban J connectivity index is 2.42. The van der Waals surface area contributed by atoms with E-state index in [1.54, 1.807) is 0 Å². The summed E-state index contributed by atoms with van der Waals surface area (Å²) >= 11 is 0. The van der Waals surface area contributed by atoms with Crippen molar-refractivity contribution in [2.75, 3.05) is 13.6 Å². The maximum absolute atomic E-state index is 4.36. The van der Waals surface area contributed by atoms with E-state index in [0.29, 0.717) is 0 Å². The zero-order chi connectivity index (χ0) is 10.7. The number of rotatable bonds is 3. The summed E-state index contributed by atoms with van der Waals surface area (Å²) in [7, 11) is 2.13. The van der Waals surface area contributed by atoms with Crippen LogP contribution in [0.4, 0.5) is 0 Å². The molecule has 0 bridgehead atoms. The van der Waals surface area contributed by atoms with Crippen molar-refractivity contribution in [1.82, 2.24) is 9.88 Å². The summed E-state index contributed by atoms with van der Waals surface area (Å²) in [4.78, 5) is 6.65. The normalized spacial score (nSPS) is 11.1. The van der Waals surface area contributed by atoms with Crippen molar-refractivity contribution in [1.29, 1.82) is 0 Å². The average molecular weight is 200 g/mol. The number of nitrogens with zero attached hydrogens (tertiary/aromatic N) is 2. The summed E-state index contributed by atoms with van der Waals surface area (Å²) in [5, 5.41) is 1.26. The molecule has 0 amide bonds. The zero-order valence-electron chi connectivity index (χ0n) is 9.27. The second kappa shape index (κ2) is 4.41. The average Bonchev–Trinajstić information content (AvgIpc) is 2.29. The minimum atomic E-state index is 0.986. The number of aromatic nitrogens is 1. The van der Waals surface area contributed by atoms with Crippen LogP contribution < -0.4 is 0 Å². The lowest BCUT2D eigenvalue weighted by Gasteiger charge is -2.15. The third kappa shape index (κ3) is 2.16. The van der Waals surface area contributed by atoms with Crippen molar-refractivity contribution in [3.8, 4) is 0 Å². The molecule has 0 saturated carbocycles. The first-order chi connectivity index (χ1) is 7.31. The van der Waals surface area contributed by atoms with Crippen LogP contribution in [-0.2, 0) is 6.54 Å². The van der Waals surface area contributed by atoms with Gasteiger partial charge in [-0.2, -0.15) is 0 Å². The van der Waals surface area contributed by atoms with Crippen LogP contribution in [0.3, 0.4) is 0 Å². The molecule has 1 heterocycles. The number of hydrogen-bond donors (Lipinski definition) is 0. The van der Waals surface area contributed by atoms with Gasteiger partial charge in [-0.05, 0) is 31.3 Å². The Labute approximate surface area is 90.6 Å². The highest BCUT2D eigenvalue weighted by Crippen LogP contribution is 2.17. The van der Waals surface area contributed by atoms with Gasteiger partial charge < -0.3 is 4.90 Å². The standard InChI is InChI=1S/C13H16N2/c1-3-15(2)10-11-6-4-8-13-12(11)7-5-9-14-13/h4-9H,3,10H2,1-2H3. The lowest BCUT2D eigenvalue weighted by Crippen LogP contribution is -2.16. The fourth-order valence-electron chi connectivity index (χ4n) is 1.71. The Kier molecular flexibility index (Phi) is 2.97. The number of hydrogen-bond acceptors (Lipinski definition) is 2. The highest BCUT2D eigenvalue weighted by molar-refractivity contribution is 5.81. The molecule has 2 nitrogen and oxygen atoms in total. The molecule has 2 aromatic rings. The molecule has 0 aliphatic rings. The zero-order valence-corrected chi connectivity index (χ0v) is 9.27. The summed E-state index contributed by atoms with van der Waals surface area (Å²) in [5.74, 6) is 0. The summed E-state index contributed by atoms with van der Waals surface area (Å²) in [6, 6.07) is 10.5. The predicted octanol–water partition coefficient (Wildman–Crippen LogP) is 2.69. The molecule has 1 aromatic carbocycles. The fraction of sp³-hybridized carbons (Fsp3) is 0.308. The maximum Gasteiger partial charge on any atom is 0.0705 e. The Morgan fingerprint density at radius 1 is 1.20 bits per heavy atom. The maximum atomic E-state index is 4.36. The monoisotopic (exact) mass is 200 g/mol. The van der Waals surface area contributed by atoms with E-state index in [0.717, 1.165) is 18.6 Å². The van der Waals surface area contributed by atoms with Crippen LogP contribution in [0.1, 0.15) is 12.5 Å². The predicted molar refractivity (Wildman–Crippen MR) is 63.8 cm³/mol. The summed E-state index contributed by atoms with van der Waals surface area (Å²) < 4.78 is 0. The number of benzene rings is 1. The molecule has 0 atom stereocenters. The second-order valence-electron chi connectivity index (χ2n) is 3.82. The van der Waals surface area contributed by atoms with E-state index < -0.39 is 0 Å². The van der Waals surface area contributed by atoms with E-state index in [1.807, 2.05) is 12.3 Å². The van der Waals surface area contributed by atoms with Crippen LogP contribution in [0.15, 0.2) is 36.5 Å². The molecule has 0 fully saturated rings. The van der Waals surface area contributed by atoms with Crippen LogP contribution in [0.5, 0.6) is 0 Å². The molecular formula is C13H16N2. The molecule has 0 aliphatic carbocycles. The van der Waals surface area contributed by atoms with Crippen molar-refractivity contribution in [2.45, 2.75) is 13.5 Å². The van der Waals surface area contributed by atoms with Crippen LogP contribution in [0.25, 0.3) is 10.9 Å². The van der Waals surface area contributed by atoms with E-state index in [4.69, 9.17) is 0 Å². The molecular weight excluding hydrogens is 184 g/mol. The van der Waals surface area contributed by atoms with Crippen molar-refractivity contribution in [3.05, 3.63) is 42.1 Å². The Hall–Kier alpha value is -1.41. The summed E-state index contributed by atoms with van der Waals surface area (Å²) in [5.41, 5.74) is 2.43. The summed E-state index contributed by atoms with van der Waals surface area (Å²) in [6.45, 7) is 4.22. The van der Waals surface area contributed by atoms with E-state index in [2.05, 4.69) is 48.1 Å². The third-order valence-electron chi connectivity index (χ3n) is 2.72. The van der Waals surface area contributed by atoms with Crippen molar-refractivity contribution >= 4 is 10.9 Å². The Morgan fingerprint density at radius 2 is 2.07 bits per heavy atom. The van der Waals surface area contributed by atoms with Gasteiger partial charge in [-0.15, -0.1) is 0 Å². The fourth-order valence-corrected chi connectivity index (χ4v) is 1.71. The van der Waals surface area contributed by atoms with E-state index in [1.165, 1.54) is 10.9 Å². The molecule has 78 valence electrons. The molecule has 2 rings (SSSR count). The third-order valence-corrected chi connectivity index (χ3v) is 2.72. The first-order valence-corrected chi connectivity index (χ1v) is 5.32. The van der Waals surface area contributed by atoms with Crippen molar-refractivity contribution in [3.63, 3.8) is 0 Å². The van der Waals surface area contributed by atoms with Crippen LogP contribution in [0.2, 0.25) is 0 Å². The largest absolute Gasteiger partial charge is 0.302 e. The van der Waals surface area contributed by atoms with Crippen LogP contribution in [0, 0.1) is 0 Å². The van der Waals surface area contributed by atoms with Gasteiger partial charge in [0.05, 0.1) is 5.52 Å². The number of pyridine rings is 1. The van der Waals surface area contributed by atoms with Crippen LogP contribution >= 0.6 is 0 Å². The molecule has 0 spiro atoms. The lowest BCUT2D eigenvalue weighted by atomic mass is 10.1. The van der Waals surface area contributed by atoms with Gasteiger partial charge in [0.15, 0.2) is 0 Å². The highest BCUT2D eigenvalue weighted by Gasteiger charge is 2.02. The van der Waals surface area contributed by atoms with Gasteiger partial charge in [0, 0.05) is 18.1 Å². The molecule has 0 N–H and O–H groups in total. The molecule has 0 radical (unpaired) electrons. The van der Waals surface area contributed by atoms with Gasteiger partial charge in [0.25, 0.3) is 0 Å². The topological polar surface area (TPSA) is 16.1 Å². The van der Waals surface area contributed by atoms with Gasteiger partial charge in [-0.1, -0.05) is 25.1 Å². The Bertz CT molecular complexity index is 446. The van der Waals surface area contributed by atoms with E-state index in [9.17, 15) is 0 Å². The minimum Gasteiger partial charge on any atom is -0.302 e.